The SMILES string of the molecule is CCNC1CCC(CC)CC1CN1CCn2cnnc2C1. The molecular formula is C16H29N5. The number of nitrogens with zero attached hydrogens (tertiary/aromatic N) is 4. The first-order valence-corrected chi connectivity index (χ1v) is 8.62. The van der Waals surface area contributed by atoms with Crippen LogP contribution >= 0.6 is 0 Å². The molecule has 1 saturated carbocycles. The molecule has 1 aliphatic heterocycles. The van der Waals surface area contributed by atoms with Crippen molar-refractivity contribution in [1.29, 1.82) is 0 Å². The predicted molar refractivity (Wildman–Crippen MR) is 83.9 cm³/mol. The van der Waals surface area contributed by atoms with E-state index in [0.717, 1.165) is 43.8 Å². The van der Waals surface area contributed by atoms with Crippen LogP contribution in [0.2, 0.25) is 0 Å². The lowest BCUT2D eigenvalue weighted by Crippen LogP contribution is -2.47. The van der Waals surface area contributed by atoms with Crippen molar-refractivity contribution >= 4 is 0 Å². The van der Waals surface area contributed by atoms with Crippen molar-refractivity contribution in [2.24, 2.45) is 11.8 Å². The van der Waals surface area contributed by atoms with Crippen molar-refractivity contribution in [2.75, 3.05) is 19.6 Å². The molecular weight excluding hydrogens is 262 g/mol. The van der Waals surface area contributed by atoms with E-state index in [1.165, 1.54) is 32.2 Å². The summed E-state index contributed by atoms with van der Waals surface area (Å²) in [5.41, 5.74) is 0. The highest BCUT2D eigenvalue weighted by Gasteiger charge is 2.31. The van der Waals surface area contributed by atoms with E-state index >= 15 is 0 Å². The van der Waals surface area contributed by atoms with E-state index in [2.05, 4.69) is 38.8 Å². The van der Waals surface area contributed by atoms with E-state index in [1.54, 1.807) is 0 Å². The second kappa shape index (κ2) is 6.88. The highest BCUT2D eigenvalue weighted by molar-refractivity contribution is 4.92. The summed E-state index contributed by atoms with van der Waals surface area (Å²) in [6.07, 6.45) is 7.34. The maximum absolute atomic E-state index is 4.24. The largest absolute Gasteiger partial charge is 0.315 e. The van der Waals surface area contributed by atoms with Crippen molar-refractivity contribution < 1.29 is 0 Å². The lowest BCUT2D eigenvalue weighted by atomic mass is 9.76. The van der Waals surface area contributed by atoms with E-state index in [1.807, 2.05) is 6.33 Å². The van der Waals surface area contributed by atoms with Crippen LogP contribution in [-0.2, 0) is 13.1 Å². The topological polar surface area (TPSA) is 46.0 Å². The fourth-order valence-electron chi connectivity index (χ4n) is 4.07. The Morgan fingerprint density at radius 1 is 1.29 bits per heavy atom. The average Bonchev–Trinajstić information content (AvgIpc) is 2.97. The Balaban J connectivity index is 1.61. The fraction of sp³-hybridized carbons (Fsp3) is 0.875. The summed E-state index contributed by atoms with van der Waals surface area (Å²) in [5, 5.41) is 12.0. The Hall–Kier alpha value is -0.940. The number of aromatic nitrogens is 3. The van der Waals surface area contributed by atoms with Crippen LogP contribution in [0.3, 0.4) is 0 Å². The van der Waals surface area contributed by atoms with E-state index in [4.69, 9.17) is 0 Å². The lowest BCUT2D eigenvalue weighted by Gasteiger charge is -2.40. The van der Waals surface area contributed by atoms with Crippen molar-refractivity contribution in [1.82, 2.24) is 25.0 Å². The molecule has 0 aromatic carbocycles. The van der Waals surface area contributed by atoms with Crippen LogP contribution in [0.1, 0.15) is 45.4 Å². The van der Waals surface area contributed by atoms with Gasteiger partial charge in [0.1, 0.15) is 12.2 Å². The lowest BCUT2D eigenvalue weighted by molar-refractivity contribution is 0.119. The first-order chi connectivity index (χ1) is 10.3. The molecule has 3 unspecified atom stereocenters. The Morgan fingerprint density at radius 2 is 2.19 bits per heavy atom. The minimum absolute atomic E-state index is 0.706. The molecule has 3 atom stereocenters. The predicted octanol–water partition coefficient (Wildman–Crippen LogP) is 1.90. The van der Waals surface area contributed by atoms with Gasteiger partial charge < -0.3 is 9.88 Å². The number of hydrogen-bond acceptors (Lipinski definition) is 4. The van der Waals surface area contributed by atoms with Crippen LogP contribution in [0.15, 0.2) is 6.33 Å². The van der Waals surface area contributed by atoms with Crippen LogP contribution in [0, 0.1) is 11.8 Å². The molecule has 1 N–H and O–H groups in total. The number of nitrogens with one attached hydrogen (secondary N) is 1. The van der Waals surface area contributed by atoms with Crippen molar-refractivity contribution in [2.45, 2.75) is 58.7 Å². The maximum Gasteiger partial charge on any atom is 0.147 e. The van der Waals surface area contributed by atoms with Crippen LogP contribution < -0.4 is 5.32 Å². The minimum atomic E-state index is 0.706. The summed E-state index contributed by atoms with van der Waals surface area (Å²) in [6.45, 7) is 10.0. The highest BCUT2D eigenvalue weighted by atomic mass is 15.3. The molecule has 118 valence electrons. The molecule has 0 saturated heterocycles. The van der Waals surface area contributed by atoms with Gasteiger partial charge in [-0.3, -0.25) is 4.90 Å². The quantitative estimate of drug-likeness (QED) is 0.900. The third-order valence-electron chi connectivity index (χ3n) is 5.35. The summed E-state index contributed by atoms with van der Waals surface area (Å²) < 4.78 is 2.19. The van der Waals surface area contributed by atoms with Gasteiger partial charge in [0, 0.05) is 25.7 Å². The van der Waals surface area contributed by atoms with Gasteiger partial charge in [-0.25, -0.2) is 0 Å². The van der Waals surface area contributed by atoms with Crippen LogP contribution in [0.25, 0.3) is 0 Å². The zero-order chi connectivity index (χ0) is 14.7. The maximum atomic E-state index is 4.24. The summed E-state index contributed by atoms with van der Waals surface area (Å²) in [7, 11) is 0. The van der Waals surface area contributed by atoms with Crippen LogP contribution in [0.5, 0.6) is 0 Å². The van der Waals surface area contributed by atoms with Crippen molar-refractivity contribution in [3.05, 3.63) is 12.2 Å². The molecule has 1 aromatic rings. The molecule has 2 heterocycles. The fourth-order valence-corrected chi connectivity index (χ4v) is 4.07. The standard InChI is InChI=1S/C16H29N5/c1-3-13-5-6-15(17-4-2)14(9-13)10-20-7-8-21-12-18-19-16(21)11-20/h12-15,17H,3-11H2,1-2H3. The van der Waals surface area contributed by atoms with Gasteiger partial charge in [-0.05, 0) is 37.6 Å². The Labute approximate surface area is 128 Å². The Bertz CT molecular complexity index is 444. The van der Waals surface area contributed by atoms with Gasteiger partial charge in [-0.1, -0.05) is 20.3 Å². The molecule has 1 aromatic heterocycles. The Morgan fingerprint density at radius 3 is 3.00 bits per heavy atom. The van der Waals surface area contributed by atoms with Crippen molar-refractivity contribution in [3.8, 4) is 0 Å². The summed E-state index contributed by atoms with van der Waals surface area (Å²) in [5.74, 6) is 2.85. The molecule has 0 spiro atoms. The molecule has 3 rings (SSSR count). The number of hydrogen-bond donors (Lipinski definition) is 1. The minimum Gasteiger partial charge on any atom is -0.315 e. The monoisotopic (exact) mass is 291 g/mol. The molecule has 21 heavy (non-hydrogen) atoms. The second-order valence-corrected chi connectivity index (χ2v) is 6.69. The molecule has 0 amide bonds. The van der Waals surface area contributed by atoms with Crippen LogP contribution in [-0.4, -0.2) is 45.3 Å². The molecule has 0 radical (unpaired) electrons. The van der Waals surface area contributed by atoms with Crippen molar-refractivity contribution in [3.63, 3.8) is 0 Å². The number of rotatable bonds is 5. The van der Waals surface area contributed by atoms with E-state index in [-0.39, 0.29) is 0 Å². The zero-order valence-corrected chi connectivity index (χ0v) is 13.5. The number of fused-ring (bicyclic) bond motifs is 1. The second-order valence-electron chi connectivity index (χ2n) is 6.69. The third-order valence-corrected chi connectivity index (χ3v) is 5.35. The third kappa shape index (κ3) is 3.46. The van der Waals surface area contributed by atoms with E-state index < -0.39 is 0 Å². The van der Waals surface area contributed by atoms with Gasteiger partial charge in [0.15, 0.2) is 0 Å². The molecule has 2 aliphatic rings. The average molecular weight is 291 g/mol. The van der Waals surface area contributed by atoms with Gasteiger partial charge in [0.25, 0.3) is 0 Å². The highest BCUT2D eigenvalue weighted by Crippen LogP contribution is 2.32. The summed E-state index contributed by atoms with van der Waals surface area (Å²) in [6, 6.07) is 0.706. The zero-order valence-electron chi connectivity index (χ0n) is 13.5. The first kappa shape index (κ1) is 15.0. The summed E-state index contributed by atoms with van der Waals surface area (Å²) in [4.78, 5) is 2.58. The van der Waals surface area contributed by atoms with E-state index in [9.17, 15) is 0 Å². The van der Waals surface area contributed by atoms with Gasteiger partial charge in [-0.15, -0.1) is 10.2 Å². The van der Waals surface area contributed by atoms with Crippen LogP contribution in [0.4, 0.5) is 0 Å². The first-order valence-electron chi connectivity index (χ1n) is 8.62. The van der Waals surface area contributed by atoms with Gasteiger partial charge in [0.05, 0.1) is 6.54 Å². The summed E-state index contributed by atoms with van der Waals surface area (Å²) >= 11 is 0. The smallest absolute Gasteiger partial charge is 0.147 e. The van der Waals surface area contributed by atoms with E-state index in [0.29, 0.717) is 6.04 Å². The van der Waals surface area contributed by atoms with Gasteiger partial charge >= 0.3 is 0 Å². The van der Waals surface area contributed by atoms with Gasteiger partial charge in [-0.2, -0.15) is 0 Å². The molecule has 0 bridgehead atoms. The molecule has 5 heteroatoms. The normalized spacial score (nSPS) is 30.3. The molecule has 1 fully saturated rings. The molecule has 1 aliphatic carbocycles. The Kier molecular flexibility index (Phi) is 4.91. The van der Waals surface area contributed by atoms with Gasteiger partial charge in [0.2, 0.25) is 0 Å². The molecule has 5 nitrogen and oxygen atoms in total.